The fourth-order valence-electron chi connectivity index (χ4n) is 2.32. The van der Waals surface area contributed by atoms with Crippen LogP contribution in [0.25, 0.3) is 11.1 Å². The molecule has 0 radical (unpaired) electrons. The van der Waals surface area contributed by atoms with Gasteiger partial charge in [-0.2, -0.15) is 0 Å². The van der Waals surface area contributed by atoms with Crippen LogP contribution in [0.15, 0.2) is 54.6 Å². The summed E-state index contributed by atoms with van der Waals surface area (Å²) in [5.41, 5.74) is 2.66. The van der Waals surface area contributed by atoms with Crippen LogP contribution in [-0.2, 0) is 19.1 Å². The molecule has 120 valence electrons. The zero-order valence-electron chi connectivity index (χ0n) is 13.3. The summed E-state index contributed by atoms with van der Waals surface area (Å²) in [5.74, 6) is -2.21. The SMILES string of the molecule is CCOC(=O)C(C(=O)OCC)c1ccc(-c2ccccc2)cc1. The molecule has 0 amide bonds. The number of carbonyl (C=O) groups is 2. The fraction of sp³-hybridized carbons (Fsp3) is 0.263. The van der Waals surface area contributed by atoms with Gasteiger partial charge in [-0.15, -0.1) is 0 Å². The highest BCUT2D eigenvalue weighted by Gasteiger charge is 2.31. The number of rotatable bonds is 6. The van der Waals surface area contributed by atoms with E-state index in [-0.39, 0.29) is 13.2 Å². The second kappa shape index (κ2) is 8.13. The molecule has 0 saturated heterocycles. The summed E-state index contributed by atoms with van der Waals surface area (Å²) in [5, 5.41) is 0. The monoisotopic (exact) mass is 312 g/mol. The zero-order valence-corrected chi connectivity index (χ0v) is 13.3. The van der Waals surface area contributed by atoms with Crippen LogP contribution in [-0.4, -0.2) is 25.2 Å². The molecule has 0 aromatic heterocycles. The molecular weight excluding hydrogens is 292 g/mol. The summed E-state index contributed by atoms with van der Waals surface area (Å²) < 4.78 is 10.0. The molecule has 0 saturated carbocycles. The molecule has 0 aliphatic rings. The van der Waals surface area contributed by atoms with Crippen LogP contribution < -0.4 is 0 Å². The van der Waals surface area contributed by atoms with E-state index >= 15 is 0 Å². The molecule has 0 aliphatic heterocycles. The van der Waals surface area contributed by atoms with E-state index in [0.717, 1.165) is 11.1 Å². The quantitative estimate of drug-likeness (QED) is 0.604. The largest absolute Gasteiger partial charge is 0.465 e. The summed E-state index contributed by atoms with van der Waals surface area (Å²) in [6, 6.07) is 17.2. The van der Waals surface area contributed by atoms with E-state index in [4.69, 9.17) is 9.47 Å². The predicted molar refractivity (Wildman–Crippen MR) is 87.9 cm³/mol. The van der Waals surface area contributed by atoms with Gasteiger partial charge in [-0.3, -0.25) is 9.59 Å². The number of ether oxygens (including phenoxy) is 2. The summed E-state index contributed by atoms with van der Waals surface area (Å²) >= 11 is 0. The van der Waals surface area contributed by atoms with Crippen molar-refractivity contribution in [1.82, 2.24) is 0 Å². The summed E-state index contributed by atoms with van der Waals surface area (Å²) in [6.45, 7) is 3.85. The van der Waals surface area contributed by atoms with Crippen molar-refractivity contribution in [2.75, 3.05) is 13.2 Å². The van der Waals surface area contributed by atoms with E-state index in [9.17, 15) is 9.59 Å². The topological polar surface area (TPSA) is 52.6 Å². The van der Waals surface area contributed by atoms with Crippen molar-refractivity contribution in [3.63, 3.8) is 0 Å². The first-order valence-electron chi connectivity index (χ1n) is 7.66. The Bertz CT molecular complexity index is 629. The van der Waals surface area contributed by atoms with Crippen LogP contribution in [0.1, 0.15) is 25.3 Å². The maximum absolute atomic E-state index is 12.1. The minimum absolute atomic E-state index is 0.219. The van der Waals surface area contributed by atoms with E-state index in [1.54, 1.807) is 26.0 Å². The van der Waals surface area contributed by atoms with Gasteiger partial charge in [0.2, 0.25) is 0 Å². The van der Waals surface area contributed by atoms with E-state index in [1.165, 1.54) is 0 Å². The third kappa shape index (κ3) is 4.19. The Balaban J connectivity index is 2.28. The maximum Gasteiger partial charge on any atom is 0.324 e. The molecule has 0 fully saturated rings. The minimum Gasteiger partial charge on any atom is -0.465 e. The number of benzene rings is 2. The van der Waals surface area contributed by atoms with Crippen LogP contribution in [0.2, 0.25) is 0 Å². The first-order chi connectivity index (χ1) is 11.2. The van der Waals surface area contributed by atoms with Crippen molar-refractivity contribution in [2.24, 2.45) is 0 Å². The third-order valence-corrected chi connectivity index (χ3v) is 3.40. The lowest BCUT2D eigenvalue weighted by Crippen LogP contribution is -2.26. The van der Waals surface area contributed by atoms with Crippen molar-refractivity contribution in [3.8, 4) is 11.1 Å². The first kappa shape index (κ1) is 16.7. The van der Waals surface area contributed by atoms with E-state index in [0.29, 0.717) is 5.56 Å². The predicted octanol–water partition coefficient (Wildman–Crippen LogP) is 3.56. The zero-order chi connectivity index (χ0) is 16.7. The second-order valence-corrected chi connectivity index (χ2v) is 4.93. The Hall–Kier alpha value is -2.62. The van der Waals surface area contributed by atoms with Gasteiger partial charge in [0.25, 0.3) is 0 Å². The van der Waals surface area contributed by atoms with Crippen LogP contribution in [0.3, 0.4) is 0 Å². The molecule has 0 aliphatic carbocycles. The van der Waals surface area contributed by atoms with Gasteiger partial charge in [-0.25, -0.2) is 0 Å². The van der Waals surface area contributed by atoms with Gasteiger partial charge in [0, 0.05) is 0 Å². The molecule has 0 N–H and O–H groups in total. The number of hydrogen-bond acceptors (Lipinski definition) is 4. The normalized spacial score (nSPS) is 10.4. The van der Waals surface area contributed by atoms with Gasteiger partial charge in [-0.1, -0.05) is 54.6 Å². The average molecular weight is 312 g/mol. The number of esters is 2. The van der Waals surface area contributed by atoms with E-state index in [1.807, 2.05) is 42.5 Å². The van der Waals surface area contributed by atoms with Gasteiger partial charge in [-0.05, 0) is 30.5 Å². The van der Waals surface area contributed by atoms with E-state index < -0.39 is 17.9 Å². The smallest absolute Gasteiger partial charge is 0.324 e. The third-order valence-electron chi connectivity index (χ3n) is 3.40. The lowest BCUT2D eigenvalue weighted by atomic mass is 9.96. The molecule has 0 spiro atoms. The minimum atomic E-state index is -1.04. The highest BCUT2D eigenvalue weighted by Crippen LogP contribution is 2.24. The van der Waals surface area contributed by atoms with Crippen molar-refractivity contribution in [1.29, 1.82) is 0 Å². The van der Waals surface area contributed by atoms with E-state index in [2.05, 4.69) is 0 Å². The number of carbonyl (C=O) groups excluding carboxylic acids is 2. The molecule has 2 aromatic rings. The average Bonchev–Trinajstić information content (AvgIpc) is 2.57. The van der Waals surface area contributed by atoms with Crippen LogP contribution in [0.4, 0.5) is 0 Å². The summed E-state index contributed by atoms with van der Waals surface area (Å²) in [6.07, 6.45) is 0. The van der Waals surface area contributed by atoms with Crippen LogP contribution >= 0.6 is 0 Å². The molecule has 0 heterocycles. The molecule has 0 bridgehead atoms. The molecule has 4 heteroatoms. The Kier molecular flexibility index (Phi) is 5.92. The summed E-state index contributed by atoms with van der Waals surface area (Å²) in [4.78, 5) is 24.2. The Morgan fingerprint density at radius 2 is 1.26 bits per heavy atom. The molecular formula is C19H20O4. The van der Waals surface area contributed by atoms with Crippen LogP contribution in [0, 0.1) is 0 Å². The number of hydrogen-bond donors (Lipinski definition) is 0. The Morgan fingerprint density at radius 1 is 0.783 bits per heavy atom. The molecule has 2 aromatic carbocycles. The van der Waals surface area contributed by atoms with Gasteiger partial charge < -0.3 is 9.47 Å². The van der Waals surface area contributed by atoms with Crippen molar-refractivity contribution < 1.29 is 19.1 Å². The van der Waals surface area contributed by atoms with Crippen molar-refractivity contribution in [2.45, 2.75) is 19.8 Å². The Labute approximate surface area is 136 Å². The second-order valence-electron chi connectivity index (χ2n) is 4.93. The standard InChI is InChI=1S/C19H20O4/c1-3-22-18(20)17(19(21)23-4-2)16-12-10-15(11-13-16)14-8-6-5-7-9-14/h5-13,17H,3-4H2,1-2H3. The molecule has 0 unspecified atom stereocenters. The van der Waals surface area contributed by atoms with Gasteiger partial charge >= 0.3 is 11.9 Å². The molecule has 2 rings (SSSR count). The van der Waals surface area contributed by atoms with Crippen molar-refractivity contribution in [3.05, 3.63) is 60.2 Å². The van der Waals surface area contributed by atoms with Crippen molar-refractivity contribution >= 4 is 11.9 Å². The molecule has 4 nitrogen and oxygen atoms in total. The Morgan fingerprint density at radius 3 is 1.74 bits per heavy atom. The van der Waals surface area contributed by atoms with Crippen LogP contribution in [0.5, 0.6) is 0 Å². The highest BCUT2D eigenvalue weighted by molar-refractivity contribution is 6.00. The fourth-order valence-corrected chi connectivity index (χ4v) is 2.32. The van der Waals surface area contributed by atoms with Gasteiger partial charge in [0.15, 0.2) is 5.92 Å². The maximum atomic E-state index is 12.1. The lowest BCUT2D eigenvalue weighted by Gasteiger charge is -2.15. The first-order valence-corrected chi connectivity index (χ1v) is 7.66. The van der Waals surface area contributed by atoms with Gasteiger partial charge in [0.05, 0.1) is 13.2 Å². The summed E-state index contributed by atoms with van der Waals surface area (Å²) in [7, 11) is 0. The van der Waals surface area contributed by atoms with Gasteiger partial charge in [0.1, 0.15) is 0 Å². The molecule has 23 heavy (non-hydrogen) atoms. The lowest BCUT2D eigenvalue weighted by molar-refractivity contribution is -0.156. The molecule has 0 atom stereocenters. The highest BCUT2D eigenvalue weighted by atomic mass is 16.6.